The number of likely N-dealkylation sites (N-methyl/N-ethyl adjacent to an activating group) is 1. The summed E-state index contributed by atoms with van der Waals surface area (Å²) in [5, 5.41) is 3.45. The lowest BCUT2D eigenvalue weighted by atomic mass is 9.99. The Kier molecular flexibility index (Phi) is 13.0. The molecule has 0 radical (unpaired) electrons. The van der Waals surface area contributed by atoms with Gasteiger partial charge in [0.1, 0.15) is 22.8 Å². The minimum atomic E-state index is -0.376. The number of nitrogens with zero attached hydrogens (tertiary/aromatic N) is 9. The van der Waals surface area contributed by atoms with E-state index in [4.69, 9.17) is 38.4 Å². The van der Waals surface area contributed by atoms with Crippen LogP contribution in [0, 0.1) is 0 Å². The predicted octanol–water partition coefficient (Wildman–Crippen LogP) is 6.00. The average molecular weight is 789 g/mol. The van der Waals surface area contributed by atoms with Crippen molar-refractivity contribution in [1.29, 1.82) is 0 Å². The Bertz CT molecular complexity index is 2040. The molecule has 0 atom stereocenters. The average Bonchev–Trinajstić information content (AvgIpc) is 3.22. The van der Waals surface area contributed by atoms with Crippen molar-refractivity contribution in [2.45, 2.75) is 26.8 Å². The van der Waals surface area contributed by atoms with Crippen LogP contribution in [0.1, 0.15) is 31.1 Å². The van der Waals surface area contributed by atoms with Gasteiger partial charge in [-0.25, -0.2) is 15.0 Å². The maximum atomic E-state index is 13.4. The number of rotatable bonds is 9. The molecule has 3 aromatic heterocycles. The highest BCUT2D eigenvalue weighted by Gasteiger charge is 2.24. The number of aromatic nitrogens is 5. The first-order valence-electron chi connectivity index (χ1n) is 18.3. The van der Waals surface area contributed by atoms with Gasteiger partial charge >= 0.3 is 0 Å². The van der Waals surface area contributed by atoms with E-state index in [1.807, 2.05) is 12.1 Å². The number of pyridine rings is 1. The summed E-state index contributed by atoms with van der Waals surface area (Å²) in [4.78, 5) is 45.0. The standard InChI is InChI=1S/C28H29Cl2N7O3.C11H18N4/c1-16(2)36-9-11-37(12-10-36)28-33-14-17(15-34-28)35-27(38)19-6-5-18(25-26(19)32-8-7-31-25)22-23(29)20(39-3)13-21(40-4)24(22)30;1-2-14-5-7-15(8-6-14)11-4-3-10(12)9-13-11/h5-8,13-16H,9-12H2,1-4H3,(H,35,38);3-4,9H,2,5-8,12H2,1H3. The van der Waals surface area contributed by atoms with Crippen LogP contribution in [0.15, 0.2) is 61.3 Å². The van der Waals surface area contributed by atoms with Crippen LogP contribution >= 0.6 is 23.2 Å². The second-order valence-electron chi connectivity index (χ2n) is 13.4. The lowest BCUT2D eigenvalue weighted by molar-refractivity contribution is 0.102. The molecule has 55 heavy (non-hydrogen) atoms. The fraction of sp³-hybridized carbons (Fsp3) is 0.385. The van der Waals surface area contributed by atoms with E-state index in [1.54, 1.807) is 43.0 Å². The first-order valence-corrected chi connectivity index (χ1v) is 19.0. The van der Waals surface area contributed by atoms with Crippen LogP contribution in [0.3, 0.4) is 0 Å². The number of halogens is 2. The van der Waals surface area contributed by atoms with Crippen molar-refractivity contribution in [3.8, 4) is 22.6 Å². The van der Waals surface area contributed by atoms with E-state index in [0.29, 0.717) is 66.9 Å². The van der Waals surface area contributed by atoms with E-state index in [2.05, 4.69) is 70.6 Å². The van der Waals surface area contributed by atoms with E-state index in [1.165, 1.54) is 20.4 Å². The molecular formula is C39H47Cl2N11O3. The summed E-state index contributed by atoms with van der Waals surface area (Å²) in [6.07, 6.45) is 8.01. The number of methoxy groups -OCH3 is 2. The molecule has 0 bridgehead atoms. The number of carbonyl (C=O) groups excluding carboxylic acids is 1. The molecule has 16 heteroatoms. The number of hydrogen-bond acceptors (Lipinski definition) is 13. The Morgan fingerprint density at radius 3 is 1.98 bits per heavy atom. The Hall–Kier alpha value is -5.02. The number of benzene rings is 2. The second-order valence-corrected chi connectivity index (χ2v) is 14.2. The molecule has 14 nitrogen and oxygen atoms in total. The molecule has 2 aliphatic rings. The Morgan fingerprint density at radius 1 is 0.800 bits per heavy atom. The summed E-state index contributed by atoms with van der Waals surface area (Å²) in [5.41, 5.74) is 9.01. The maximum Gasteiger partial charge on any atom is 0.258 e. The van der Waals surface area contributed by atoms with Crippen molar-refractivity contribution in [1.82, 2.24) is 34.7 Å². The quantitative estimate of drug-likeness (QED) is 0.180. The number of anilines is 4. The predicted molar refractivity (Wildman–Crippen MR) is 220 cm³/mol. The number of nitrogens with one attached hydrogen (secondary N) is 1. The molecule has 5 aromatic rings. The van der Waals surface area contributed by atoms with Crippen LogP contribution in [0.5, 0.6) is 11.5 Å². The zero-order valence-electron chi connectivity index (χ0n) is 31.8. The van der Waals surface area contributed by atoms with E-state index in [0.717, 1.165) is 70.4 Å². The van der Waals surface area contributed by atoms with Crippen molar-refractivity contribution in [2.24, 2.45) is 0 Å². The van der Waals surface area contributed by atoms with E-state index in [-0.39, 0.29) is 5.91 Å². The van der Waals surface area contributed by atoms with Crippen LogP contribution in [0.4, 0.5) is 23.1 Å². The highest BCUT2D eigenvalue weighted by molar-refractivity contribution is 6.41. The van der Waals surface area contributed by atoms with Gasteiger partial charge in [-0.15, -0.1) is 0 Å². The topological polar surface area (TPSA) is 151 Å². The Morgan fingerprint density at radius 2 is 1.42 bits per heavy atom. The molecule has 2 fully saturated rings. The third kappa shape index (κ3) is 9.10. The normalized spacial score (nSPS) is 15.1. The molecule has 290 valence electrons. The molecule has 0 aliphatic carbocycles. The number of carbonyl (C=O) groups is 1. The van der Waals surface area contributed by atoms with Gasteiger partial charge in [0.25, 0.3) is 5.91 Å². The summed E-state index contributed by atoms with van der Waals surface area (Å²) in [6, 6.07) is 9.43. The fourth-order valence-electron chi connectivity index (χ4n) is 6.63. The first-order chi connectivity index (χ1) is 26.6. The van der Waals surface area contributed by atoms with Crippen molar-refractivity contribution in [3.05, 3.63) is 76.9 Å². The van der Waals surface area contributed by atoms with Crippen LogP contribution < -0.4 is 30.3 Å². The van der Waals surface area contributed by atoms with Crippen molar-refractivity contribution < 1.29 is 14.3 Å². The zero-order valence-corrected chi connectivity index (χ0v) is 33.3. The molecule has 7 rings (SSSR count). The Labute approximate surface area is 331 Å². The molecule has 0 unspecified atom stereocenters. The molecule has 2 aliphatic heterocycles. The van der Waals surface area contributed by atoms with Gasteiger partial charge in [0.05, 0.1) is 65.3 Å². The highest BCUT2D eigenvalue weighted by atomic mass is 35.5. The minimum absolute atomic E-state index is 0.292. The molecule has 0 saturated carbocycles. The van der Waals surface area contributed by atoms with Crippen molar-refractivity contribution in [3.63, 3.8) is 0 Å². The molecule has 2 saturated heterocycles. The number of piperazine rings is 2. The zero-order chi connectivity index (χ0) is 39.1. The van der Waals surface area contributed by atoms with Gasteiger partial charge in [-0.05, 0) is 38.6 Å². The lowest BCUT2D eigenvalue weighted by Crippen LogP contribution is -2.49. The fourth-order valence-corrected chi connectivity index (χ4v) is 7.33. The summed E-state index contributed by atoms with van der Waals surface area (Å²) in [7, 11) is 3.01. The van der Waals surface area contributed by atoms with Gasteiger partial charge in [0.15, 0.2) is 0 Å². The van der Waals surface area contributed by atoms with Gasteiger partial charge < -0.3 is 35.2 Å². The van der Waals surface area contributed by atoms with E-state index < -0.39 is 0 Å². The first kappa shape index (κ1) is 39.7. The number of nitrogen functional groups attached to an aromatic ring is 1. The van der Waals surface area contributed by atoms with E-state index >= 15 is 0 Å². The number of amides is 1. The molecule has 3 N–H and O–H groups in total. The minimum Gasteiger partial charge on any atom is -0.495 e. The smallest absolute Gasteiger partial charge is 0.258 e. The van der Waals surface area contributed by atoms with Crippen LogP contribution in [-0.4, -0.2) is 120 Å². The number of nitrogens with two attached hydrogens (primary N) is 1. The summed E-state index contributed by atoms with van der Waals surface area (Å²) in [6.45, 7) is 15.8. The molecule has 1 amide bonds. The third-order valence-electron chi connectivity index (χ3n) is 9.85. The van der Waals surface area contributed by atoms with Gasteiger partial charge in [0, 0.05) is 88.0 Å². The molecule has 5 heterocycles. The monoisotopic (exact) mass is 787 g/mol. The Balaban J connectivity index is 0.000000286. The highest BCUT2D eigenvalue weighted by Crippen LogP contribution is 2.47. The third-order valence-corrected chi connectivity index (χ3v) is 10.6. The van der Waals surface area contributed by atoms with Crippen molar-refractivity contribution in [2.75, 3.05) is 94.0 Å². The summed E-state index contributed by atoms with van der Waals surface area (Å²) in [5.74, 6) is 2.09. The number of fused-ring (bicyclic) bond motifs is 1. The largest absolute Gasteiger partial charge is 0.495 e. The van der Waals surface area contributed by atoms with E-state index in [9.17, 15) is 4.79 Å². The van der Waals surface area contributed by atoms with Gasteiger partial charge in [-0.1, -0.05) is 36.2 Å². The lowest BCUT2D eigenvalue weighted by Gasteiger charge is -2.36. The van der Waals surface area contributed by atoms with Gasteiger partial charge in [-0.3, -0.25) is 19.7 Å². The van der Waals surface area contributed by atoms with Crippen LogP contribution in [-0.2, 0) is 0 Å². The summed E-state index contributed by atoms with van der Waals surface area (Å²) < 4.78 is 10.8. The summed E-state index contributed by atoms with van der Waals surface area (Å²) >= 11 is 13.3. The van der Waals surface area contributed by atoms with Crippen molar-refractivity contribution >= 4 is 63.3 Å². The van der Waals surface area contributed by atoms with Crippen LogP contribution in [0.2, 0.25) is 10.0 Å². The SMILES string of the molecule is CCN1CCN(c2ccc(N)cn2)CC1.COc1cc(OC)c(Cl)c(-c2ccc(C(=O)Nc3cnc(N4CCN(C(C)C)CC4)nc3)c3nccnc23)c1Cl. The second kappa shape index (κ2) is 18.1. The molecule has 0 spiro atoms. The van der Waals surface area contributed by atoms with Gasteiger partial charge in [-0.2, -0.15) is 0 Å². The number of hydrogen-bond donors (Lipinski definition) is 2. The van der Waals surface area contributed by atoms with Crippen LogP contribution in [0.25, 0.3) is 22.2 Å². The van der Waals surface area contributed by atoms with Gasteiger partial charge in [0.2, 0.25) is 5.95 Å². The maximum absolute atomic E-state index is 13.4. The molecular weight excluding hydrogens is 741 g/mol. The number of ether oxygens (including phenoxy) is 2. The molecule has 2 aromatic carbocycles.